The van der Waals surface area contributed by atoms with Crippen LogP contribution in [0.3, 0.4) is 0 Å². The van der Waals surface area contributed by atoms with Crippen molar-refractivity contribution in [2.75, 3.05) is 19.9 Å². The molecule has 134 valence electrons. The zero-order valence-electron chi connectivity index (χ0n) is 14.5. The van der Waals surface area contributed by atoms with E-state index in [2.05, 4.69) is 40.2 Å². The SMILES string of the molecule is O[C@@H]1CN(Cc2cccc3[nH]ccc23)CC[C@H]1c1ccc2c(c1)OCO2. The van der Waals surface area contributed by atoms with Crippen LogP contribution in [0.15, 0.2) is 48.7 Å². The Kier molecular flexibility index (Phi) is 3.84. The van der Waals surface area contributed by atoms with Crippen molar-refractivity contribution in [1.82, 2.24) is 9.88 Å². The van der Waals surface area contributed by atoms with E-state index in [-0.39, 0.29) is 18.8 Å². The lowest BCUT2D eigenvalue weighted by Gasteiger charge is -2.36. The molecule has 5 heteroatoms. The average Bonchev–Trinajstić information content (AvgIpc) is 3.31. The second kappa shape index (κ2) is 6.34. The van der Waals surface area contributed by atoms with Gasteiger partial charge in [0.05, 0.1) is 6.10 Å². The molecule has 3 heterocycles. The lowest BCUT2D eigenvalue weighted by Crippen LogP contribution is -2.42. The normalized spacial score (nSPS) is 22.8. The number of benzene rings is 2. The summed E-state index contributed by atoms with van der Waals surface area (Å²) in [7, 11) is 0. The molecule has 0 radical (unpaired) electrons. The smallest absolute Gasteiger partial charge is 0.231 e. The number of aliphatic hydroxyl groups excluding tert-OH is 1. The minimum Gasteiger partial charge on any atom is -0.454 e. The van der Waals surface area contributed by atoms with Crippen LogP contribution in [0.2, 0.25) is 0 Å². The summed E-state index contributed by atoms with van der Waals surface area (Å²) >= 11 is 0. The molecule has 0 amide bonds. The monoisotopic (exact) mass is 350 g/mol. The molecule has 0 saturated carbocycles. The van der Waals surface area contributed by atoms with Crippen molar-refractivity contribution in [3.63, 3.8) is 0 Å². The lowest BCUT2D eigenvalue weighted by atomic mass is 9.86. The number of nitrogens with zero attached hydrogens (tertiary/aromatic N) is 1. The number of H-pyrrole nitrogens is 1. The first kappa shape index (κ1) is 15.7. The van der Waals surface area contributed by atoms with Gasteiger partial charge in [0.25, 0.3) is 0 Å². The number of aromatic nitrogens is 1. The molecule has 2 aliphatic heterocycles. The van der Waals surface area contributed by atoms with E-state index >= 15 is 0 Å². The van der Waals surface area contributed by atoms with Crippen LogP contribution in [-0.4, -0.2) is 41.0 Å². The molecule has 3 aromatic rings. The molecule has 0 unspecified atom stereocenters. The van der Waals surface area contributed by atoms with E-state index in [9.17, 15) is 5.11 Å². The molecule has 0 spiro atoms. The van der Waals surface area contributed by atoms with E-state index in [0.717, 1.165) is 36.6 Å². The lowest BCUT2D eigenvalue weighted by molar-refractivity contribution is 0.0478. The predicted octanol–water partition coefficient (Wildman–Crippen LogP) is 3.25. The van der Waals surface area contributed by atoms with Crippen molar-refractivity contribution in [1.29, 1.82) is 0 Å². The van der Waals surface area contributed by atoms with Crippen LogP contribution in [0.4, 0.5) is 0 Å². The first-order valence-electron chi connectivity index (χ1n) is 9.13. The van der Waals surface area contributed by atoms with Crippen molar-refractivity contribution >= 4 is 10.9 Å². The molecule has 0 bridgehead atoms. The number of fused-ring (bicyclic) bond motifs is 2. The van der Waals surface area contributed by atoms with Crippen LogP contribution in [0.25, 0.3) is 10.9 Å². The molecular weight excluding hydrogens is 328 g/mol. The number of piperidine rings is 1. The highest BCUT2D eigenvalue weighted by atomic mass is 16.7. The highest BCUT2D eigenvalue weighted by molar-refractivity contribution is 5.82. The van der Waals surface area contributed by atoms with Gasteiger partial charge in [-0.2, -0.15) is 0 Å². The molecular formula is C21H22N2O3. The molecule has 1 aromatic heterocycles. The van der Waals surface area contributed by atoms with Crippen LogP contribution in [0.5, 0.6) is 11.5 Å². The third kappa shape index (κ3) is 2.73. The number of rotatable bonds is 3. The van der Waals surface area contributed by atoms with Gasteiger partial charge < -0.3 is 19.6 Å². The Labute approximate surface area is 152 Å². The highest BCUT2D eigenvalue weighted by Crippen LogP contribution is 2.37. The van der Waals surface area contributed by atoms with Crippen molar-refractivity contribution < 1.29 is 14.6 Å². The second-order valence-electron chi connectivity index (χ2n) is 7.17. The summed E-state index contributed by atoms with van der Waals surface area (Å²) in [5, 5.41) is 12.0. The van der Waals surface area contributed by atoms with Gasteiger partial charge in [-0.05, 0) is 48.4 Å². The van der Waals surface area contributed by atoms with E-state index in [1.54, 1.807) is 0 Å². The van der Waals surface area contributed by atoms with Gasteiger partial charge in [0.2, 0.25) is 6.79 Å². The topological polar surface area (TPSA) is 57.7 Å². The van der Waals surface area contributed by atoms with Crippen LogP contribution in [-0.2, 0) is 6.54 Å². The number of ether oxygens (including phenoxy) is 2. The summed E-state index contributed by atoms with van der Waals surface area (Å²) in [6.45, 7) is 2.79. The summed E-state index contributed by atoms with van der Waals surface area (Å²) in [5.41, 5.74) is 3.60. The molecule has 26 heavy (non-hydrogen) atoms. The summed E-state index contributed by atoms with van der Waals surface area (Å²) in [6, 6.07) is 14.5. The van der Waals surface area contributed by atoms with Gasteiger partial charge in [0.1, 0.15) is 0 Å². The number of hydrogen-bond acceptors (Lipinski definition) is 4. The fourth-order valence-electron chi connectivity index (χ4n) is 4.20. The number of aromatic amines is 1. The van der Waals surface area contributed by atoms with Crippen molar-refractivity contribution in [3.05, 3.63) is 59.8 Å². The number of β-amino-alcohol motifs (C(OH)–C–C–N with tert-alkyl or cyclic N) is 1. The number of aliphatic hydroxyl groups is 1. The fourth-order valence-corrected chi connectivity index (χ4v) is 4.20. The zero-order chi connectivity index (χ0) is 17.5. The Morgan fingerprint density at radius 2 is 2.04 bits per heavy atom. The number of hydrogen-bond donors (Lipinski definition) is 2. The molecule has 5 nitrogen and oxygen atoms in total. The van der Waals surface area contributed by atoms with E-state index in [1.807, 2.05) is 18.3 Å². The van der Waals surface area contributed by atoms with Crippen LogP contribution in [0, 0.1) is 0 Å². The van der Waals surface area contributed by atoms with Gasteiger partial charge in [-0.3, -0.25) is 4.90 Å². The van der Waals surface area contributed by atoms with Gasteiger partial charge in [-0.1, -0.05) is 18.2 Å². The molecule has 2 aromatic carbocycles. The third-order valence-electron chi connectivity index (χ3n) is 5.57. The van der Waals surface area contributed by atoms with Crippen molar-refractivity contribution in [2.45, 2.75) is 25.0 Å². The first-order valence-corrected chi connectivity index (χ1v) is 9.13. The second-order valence-corrected chi connectivity index (χ2v) is 7.17. The standard InChI is InChI=1S/C21H22N2O3/c24-19-12-23(11-15-2-1-3-18-16(15)6-8-22-18)9-7-17(19)14-4-5-20-21(10-14)26-13-25-20/h1-6,8,10,17,19,22,24H,7,9,11-13H2/t17-,19+/m0/s1. The van der Waals surface area contributed by atoms with Gasteiger partial charge in [-0.15, -0.1) is 0 Å². The molecule has 0 aliphatic carbocycles. The maximum Gasteiger partial charge on any atom is 0.231 e. The fraction of sp³-hybridized carbons (Fsp3) is 0.333. The van der Waals surface area contributed by atoms with E-state index < -0.39 is 0 Å². The average molecular weight is 350 g/mol. The van der Waals surface area contributed by atoms with Crippen LogP contribution < -0.4 is 9.47 Å². The van der Waals surface area contributed by atoms with E-state index in [0.29, 0.717) is 6.54 Å². The Morgan fingerprint density at radius 1 is 1.12 bits per heavy atom. The summed E-state index contributed by atoms with van der Waals surface area (Å²) in [4.78, 5) is 5.61. The van der Waals surface area contributed by atoms with Gasteiger partial charge in [0, 0.05) is 36.1 Å². The van der Waals surface area contributed by atoms with Crippen molar-refractivity contribution in [2.24, 2.45) is 0 Å². The van der Waals surface area contributed by atoms with E-state index in [1.165, 1.54) is 16.5 Å². The Morgan fingerprint density at radius 3 is 2.96 bits per heavy atom. The zero-order valence-corrected chi connectivity index (χ0v) is 14.5. The van der Waals surface area contributed by atoms with Gasteiger partial charge >= 0.3 is 0 Å². The maximum absolute atomic E-state index is 10.8. The maximum atomic E-state index is 10.8. The molecule has 2 N–H and O–H groups in total. The molecule has 1 saturated heterocycles. The molecule has 5 rings (SSSR count). The summed E-state index contributed by atoms with van der Waals surface area (Å²) in [5.74, 6) is 1.72. The molecule has 2 aliphatic rings. The molecule has 1 fully saturated rings. The van der Waals surface area contributed by atoms with E-state index in [4.69, 9.17) is 9.47 Å². The Balaban J connectivity index is 1.30. The third-order valence-corrected chi connectivity index (χ3v) is 5.57. The number of nitrogens with one attached hydrogen (secondary N) is 1. The Hall–Kier alpha value is -2.50. The van der Waals surface area contributed by atoms with Crippen LogP contribution in [0.1, 0.15) is 23.5 Å². The summed E-state index contributed by atoms with van der Waals surface area (Å²) in [6.07, 6.45) is 2.54. The Bertz CT molecular complexity index is 936. The van der Waals surface area contributed by atoms with Gasteiger partial charge in [-0.25, -0.2) is 0 Å². The predicted molar refractivity (Wildman–Crippen MR) is 99.5 cm³/mol. The quantitative estimate of drug-likeness (QED) is 0.761. The largest absolute Gasteiger partial charge is 0.454 e. The van der Waals surface area contributed by atoms with Crippen molar-refractivity contribution in [3.8, 4) is 11.5 Å². The highest BCUT2D eigenvalue weighted by Gasteiger charge is 2.30. The number of likely N-dealkylation sites (tertiary alicyclic amines) is 1. The van der Waals surface area contributed by atoms with Crippen LogP contribution >= 0.6 is 0 Å². The molecule has 2 atom stereocenters. The first-order chi connectivity index (χ1) is 12.8. The van der Waals surface area contributed by atoms with Gasteiger partial charge in [0.15, 0.2) is 11.5 Å². The summed E-state index contributed by atoms with van der Waals surface area (Å²) < 4.78 is 10.9. The minimum absolute atomic E-state index is 0.142. The minimum atomic E-state index is -0.380.